The van der Waals surface area contributed by atoms with Crippen LogP contribution >= 0.6 is 0 Å². The second-order valence-corrected chi connectivity index (χ2v) is 6.08. The fourth-order valence-electron chi connectivity index (χ4n) is 3.25. The summed E-state index contributed by atoms with van der Waals surface area (Å²) in [6.07, 6.45) is 3.08. The first-order chi connectivity index (χ1) is 10.6. The molecule has 1 spiro atoms. The number of benzene rings is 1. The van der Waals surface area contributed by atoms with Gasteiger partial charge in [0.1, 0.15) is 12.4 Å². The summed E-state index contributed by atoms with van der Waals surface area (Å²) in [7, 11) is 0. The molecule has 1 heterocycles. The van der Waals surface area contributed by atoms with Crippen molar-refractivity contribution in [2.45, 2.75) is 19.3 Å². The lowest BCUT2D eigenvalue weighted by Crippen LogP contribution is -2.35. The minimum Gasteiger partial charge on any atom is -0.489 e. The lowest BCUT2D eigenvalue weighted by molar-refractivity contribution is -0.123. The minimum absolute atomic E-state index is 0.00287. The lowest BCUT2D eigenvalue weighted by atomic mass is 9.92. The number of amides is 1. The largest absolute Gasteiger partial charge is 0.489 e. The van der Waals surface area contributed by atoms with Crippen molar-refractivity contribution in [2.75, 3.05) is 26.2 Å². The topological polar surface area (TPSA) is 50.4 Å². The van der Waals surface area contributed by atoms with Crippen LogP contribution < -0.4 is 15.4 Å². The van der Waals surface area contributed by atoms with E-state index in [1.807, 2.05) is 0 Å². The van der Waals surface area contributed by atoms with Gasteiger partial charge in [0, 0.05) is 12.0 Å². The van der Waals surface area contributed by atoms with Gasteiger partial charge >= 0.3 is 0 Å². The fraction of sp³-hybridized carbons (Fsp3) is 0.562. The van der Waals surface area contributed by atoms with Crippen molar-refractivity contribution in [2.24, 2.45) is 11.3 Å². The molecule has 0 aromatic heterocycles. The van der Waals surface area contributed by atoms with Gasteiger partial charge in [-0.05, 0) is 49.9 Å². The molecular weight excluding hydrogens is 290 g/mol. The van der Waals surface area contributed by atoms with Crippen LogP contribution in [0.4, 0.5) is 8.78 Å². The molecule has 2 N–H and O–H groups in total. The van der Waals surface area contributed by atoms with Gasteiger partial charge in [-0.25, -0.2) is 8.78 Å². The van der Waals surface area contributed by atoms with Gasteiger partial charge in [0.05, 0.1) is 6.54 Å². The molecule has 2 fully saturated rings. The Hall–Kier alpha value is -1.69. The van der Waals surface area contributed by atoms with Crippen LogP contribution in [0.2, 0.25) is 0 Å². The summed E-state index contributed by atoms with van der Waals surface area (Å²) in [5.41, 5.74) is 0.208. The first-order valence-electron chi connectivity index (χ1n) is 7.67. The predicted molar refractivity (Wildman–Crippen MR) is 77.5 cm³/mol. The molecule has 1 aromatic carbocycles. The number of nitrogens with one attached hydrogen (secondary N) is 2. The van der Waals surface area contributed by atoms with E-state index in [2.05, 4.69) is 10.6 Å². The zero-order valence-electron chi connectivity index (χ0n) is 12.3. The minimum atomic E-state index is -0.734. The number of carbonyl (C=O) groups excluding carboxylic acids is 1. The van der Waals surface area contributed by atoms with Crippen LogP contribution in [0.1, 0.15) is 19.3 Å². The average Bonchev–Trinajstić information content (AvgIpc) is 3.19. The number of rotatable bonds is 5. The van der Waals surface area contributed by atoms with Crippen molar-refractivity contribution in [3.63, 3.8) is 0 Å². The zero-order chi connectivity index (χ0) is 15.6. The SMILES string of the molecule is O=C(NCCOc1ccc(F)cc1F)C1CC12CCNCC2. The Bertz CT molecular complexity index is 559. The molecule has 4 nitrogen and oxygen atoms in total. The van der Waals surface area contributed by atoms with Gasteiger partial charge in [-0.3, -0.25) is 4.79 Å². The molecule has 2 aliphatic rings. The summed E-state index contributed by atoms with van der Waals surface area (Å²) < 4.78 is 31.3. The summed E-state index contributed by atoms with van der Waals surface area (Å²) in [5, 5.41) is 6.14. The molecule has 1 amide bonds. The van der Waals surface area contributed by atoms with Gasteiger partial charge in [-0.2, -0.15) is 0 Å². The summed E-state index contributed by atoms with van der Waals surface area (Å²) in [4.78, 5) is 12.1. The van der Waals surface area contributed by atoms with Crippen molar-refractivity contribution in [3.05, 3.63) is 29.8 Å². The smallest absolute Gasteiger partial charge is 0.223 e. The highest BCUT2D eigenvalue weighted by Crippen LogP contribution is 2.58. The van der Waals surface area contributed by atoms with E-state index in [0.717, 1.165) is 44.5 Å². The van der Waals surface area contributed by atoms with E-state index in [4.69, 9.17) is 4.74 Å². The van der Waals surface area contributed by atoms with E-state index in [0.29, 0.717) is 6.54 Å². The van der Waals surface area contributed by atoms with E-state index >= 15 is 0 Å². The maximum absolute atomic E-state index is 13.4. The molecule has 22 heavy (non-hydrogen) atoms. The molecule has 1 aliphatic heterocycles. The third-order valence-electron chi connectivity index (χ3n) is 4.66. The molecule has 1 aliphatic carbocycles. The number of piperidine rings is 1. The van der Waals surface area contributed by atoms with Crippen LogP contribution in [0, 0.1) is 23.0 Å². The summed E-state index contributed by atoms with van der Waals surface area (Å²) >= 11 is 0. The van der Waals surface area contributed by atoms with Gasteiger partial charge in [0.15, 0.2) is 11.6 Å². The highest BCUT2D eigenvalue weighted by atomic mass is 19.1. The number of ether oxygens (including phenoxy) is 1. The number of hydrogen-bond acceptors (Lipinski definition) is 3. The Labute approximate surface area is 128 Å². The van der Waals surface area contributed by atoms with Crippen molar-refractivity contribution >= 4 is 5.91 Å². The Kier molecular flexibility index (Phi) is 4.29. The van der Waals surface area contributed by atoms with Crippen LogP contribution in [0.5, 0.6) is 5.75 Å². The van der Waals surface area contributed by atoms with Crippen LogP contribution in [-0.2, 0) is 4.79 Å². The Morgan fingerprint density at radius 3 is 2.86 bits per heavy atom. The van der Waals surface area contributed by atoms with E-state index in [1.165, 1.54) is 6.07 Å². The highest BCUT2D eigenvalue weighted by molar-refractivity contribution is 5.82. The van der Waals surface area contributed by atoms with Crippen LogP contribution in [0.15, 0.2) is 18.2 Å². The molecule has 0 radical (unpaired) electrons. The fourth-order valence-corrected chi connectivity index (χ4v) is 3.25. The molecule has 0 bridgehead atoms. The molecular formula is C16H20F2N2O2. The first-order valence-corrected chi connectivity index (χ1v) is 7.67. The molecule has 1 saturated heterocycles. The monoisotopic (exact) mass is 310 g/mol. The van der Waals surface area contributed by atoms with Crippen LogP contribution in [0.3, 0.4) is 0 Å². The third-order valence-corrected chi connectivity index (χ3v) is 4.66. The summed E-state index contributed by atoms with van der Waals surface area (Å²) in [6, 6.07) is 3.17. The zero-order valence-corrected chi connectivity index (χ0v) is 12.3. The third kappa shape index (κ3) is 3.21. The quantitative estimate of drug-likeness (QED) is 0.816. The second kappa shape index (κ2) is 6.20. The second-order valence-electron chi connectivity index (χ2n) is 6.08. The van der Waals surface area contributed by atoms with Gasteiger partial charge in [0.25, 0.3) is 0 Å². The Balaban J connectivity index is 1.39. The number of hydrogen-bond donors (Lipinski definition) is 2. The summed E-state index contributed by atoms with van der Waals surface area (Å²) in [5.74, 6) is -1.21. The molecule has 1 aromatic rings. The van der Waals surface area contributed by atoms with Crippen molar-refractivity contribution in [1.29, 1.82) is 0 Å². The molecule has 1 unspecified atom stereocenters. The van der Waals surface area contributed by atoms with Gasteiger partial charge < -0.3 is 15.4 Å². The van der Waals surface area contributed by atoms with Crippen molar-refractivity contribution < 1.29 is 18.3 Å². The number of carbonyl (C=O) groups is 1. The standard InChI is InChI=1S/C16H20F2N2O2/c17-11-1-2-14(13(18)9-11)22-8-7-20-15(21)12-10-16(12)3-5-19-6-4-16/h1-2,9,12,19H,3-8,10H2,(H,20,21). The van der Waals surface area contributed by atoms with Gasteiger partial charge in [-0.1, -0.05) is 0 Å². The maximum Gasteiger partial charge on any atom is 0.223 e. The normalized spacial score (nSPS) is 22.4. The maximum atomic E-state index is 13.4. The van der Waals surface area contributed by atoms with Crippen LogP contribution in [0.25, 0.3) is 0 Å². The molecule has 3 rings (SSSR count). The van der Waals surface area contributed by atoms with E-state index < -0.39 is 11.6 Å². The predicted octanol–water partition coefficient (Wildman–Crippen LogP) is 1.85. The number of halogens is 2. The Morgan fingerprint density at radius 2 is 2.14 bits per heavy atom. The van der Waals surface area contributed by atoms with E-state index in [1.54, 1.807) is 0 Å². The van der Waals surface area contributed by atoms with E-state index in [9.17, 15) is 13.6 Å². The van der Waals surface area contributed by atoms with E-state index in [-0.39, 0.29) is 29.6 Å². The molecule has 1 atom stereocenters. The van der Waals surface area contributed by atoms with Gasteiger partial charge in [0.2, 0.25) is 5.91 Å². The Morgan fingerprint density at radius 1 is 1.36 bits per heavy atom. The van der Waals surface area contributed by atoms with Crippen LogP contribution in [-0.4, -0.2) is 32.1 Å². The van der Waals surface area contributed by atoms with Crippen molar-refractivity contribution in [3.8, 4) is 5.75 Å². The van der Waals surface area contributed by atoms with Crippen molar-refractivity contribution in [1.82, 2.24) is 10.6 Å². The lowest BCUT2D eigenvalue weighted by Gasteiger charge is -2.23. The van der Waals surface area contributed by atoms with Gasteiger partial charge in [-0.15, -0.1) is 0 Å². The average molecular weight is 310 g/mol. The summed E-state index contributed by atoms with van der Waals surface area (Å²) in [6.45, 7) is 2.45. The molecule has 1 saturated carbocycles. The first kappa shape index (κ1) is 15.2. The molecule has 120 valence electrons. The molecule has 6 heteroatoms. The highest BCUT2D eigenvalue weighted by Gasteiger charge is 2.57.